The molecule has 2 amide bonds. The van der Waals surface area contributed by atoms with Crippen molar-refractivity contribution >= 4 is 55.2 Å². The summed E-state index contributed by atoms with van der Waals surface area (Å²) in [6.07, 6.45) is 2.18. The Bertz CT molecular complexity index is 1630. The normalized spacial score (nSPS) is 11.9. The molecule has 1 N–H and O–H groups in total. The van der Waals surface area contributed by atoms with Crippen molar-refractivity contribution in [2.75, 3.05) is 24.2 Å². The summed E-state index contributed by atoms with van der Waals surface area (Å²) in [4.78, 5) is 30.1. The van der Waals surface area contributed by atoms with Crippen LogP contribution in [-0.2, 0) is 32.6 Å². The lowest BCUT2D eigenvalue weighted by atomic mass is 10.0. The highest BCUT2D eigenvalue weighted by atomic mass is 79.9. The van der Waals surface area contributed by atoms with Gasteiger partial charge in [0.05, 0.1) is 10.6 Å². The van der Waals surface area contributed by atoms with E-state index in [2.05, 4.69) is 21.2 Å². The minimum Gasteiger partial charge on any atom is -0.357 e. The molecule has 4 aromatic carbocycles. The van der Waals surface area contributed by atoms with Gasteiger partial charge in [-0.2, -0.15) is 0 Å². The van der Waals surface area contributed by atoms with Gasteiger partial charge in [-0.05, 0) is 72.8 Å². The number of sulfonamides is 1. The molecule has 224 valence electrons. The van der Waals surface area contributed by atoms with Gasteiger partial charge in [-0.3, -0.25) is 13.9 Å². The third-order valence-corrected chi connectivity index (χ3v) is 10.1. The molecule has 4 aromatic rings. The lowest BCUT2D eigenvalue weighted by molar-refractivity contribution is -0.139. The molecule has 0 unspecified atom stereocenters. The highest BCUT2D eigenvalue weighted by Gasteiger charge is 2.34. The van der Waals surface area contributed by atoms with E-state index in [0.29, 0.717) is 5.69 Å². The second-order valence-electron chi connectivity index (χ2n) is 9.99. The fourth-order valence-corrected chi connectivity index (χ4v) is 6.71. The van der Waals surface area contributed by atoms with E-state index in [0.717, 1.165) is 30.4 Å². The standard InChI is InChI=1S/C33H34BrN3O4S2/c1-24-9-15-28(16-10-24)37(43(40,41)30-19-17-29(42-3)18-20-30)23-32(38)36(22-26-11-13-27(34)14-12-26)31(33(39)35-2)21-25-7-5-4-6-8-25/h4-20,31H,21-23H2,1-3H3,(H,35,39)/t31-/m1/s1. The quantitative estimate of drug-likeness (QED) is 0.184. The Labute approximate surface area is 266 Å². The van der Waals surface area contributed by atoms with Gasteiger partial charge < -0.3 is 10.2 Å². The molecule has 0 bridgehead atoms. The first-order valence-electron chi connectivity index (χ1n) is 13.6. The Kier molecular flexibility index (Phi) is 11.1. The van der Waals surface area contributed by atoms with E-state index in [9.17, 15) is 18.0 Å². The van der Waals surface area contributed by atoms with Gasteiger partial charge in [-0.15, -0.1) is 11.8 Å². The van der Waals surface area contributed by atoms with Crippen molar-refractivity contribution in [1.29, 1.82) is 0 Å². The van der Waals surface area contributed by atoms with Gasteiger partial charge in [0.25, 0.3) is 10.0 Å². The predicted molar refractivity (Wildman–Crippen MR) is 177 cm³/mol. The number of hydrogen-bond donors (Lipinski definition) is 1. The van der Waals surface area contributed by atoms with Gasteiger partial charge in [0.15, 0.2) is 0 Å². The van der Waals surface area contributed by atoms with E-state index in [-0.39, 0.29) is 23.8 Å². The van der Waals surface area contributed by atoms with Crippen molar-refractivity contribution in [2.45, 2.75) is 35.7 Å². The summed E-state index contributed by atoms with van der Waals surface area (Å²) >= 11 is 4.95. The van der Waals surface area contributed by atoms with Crippen LogP contribution >= 0.6 is 27.7 Å². The highest BCUT2D eigenvalue weighted by Crippen LogP contribution is 2.27. The molecule has 4 rings (SSSR count). The number of rotatable bonds is 12. The number of nitrogens with zero attached hydrogens (tertiary/aromatic N) is 2. The molecule has 10 heteroatoms. The van der Waals surface area contributed by atoms with Crippen molar-refractivity contribution < 1.29 is 18.0 Å². The molecule has 0 saturated heterocycles. The number of aryl methyl sites for hydroxylation is 1. The molecular weight excluding hydrogens is 646 g/mol. The van der Waals surface area contributed by atoms with Crippen LogP contribution < -0.4 is 9.62 Å². The molecule has 0 spiro atoms. The number of carbonyl (C=O) groups is 2. The van der Waals surface area contributed by atoms with Crippen LogP contribution in [0.3, 0.4) is 0 Å². The van der Waals surface area contributed by atoms with Gasteiger partial charge >= 0.3 is 0 Å². The van der Waals surface area contributed by atoms with Gasteiger partial charge in [-0.1, -0.05) is 76.1 Å². The molecule has 0 aliphatic heterocycles. The van der Waals surface area contributed by atoms with E-state index < -0.39 is 28.5 Å². The molecule has 1 atom stereocenters. The maximum Gasteiger partial charge on any atom is 0.264 e. The molecule has 0 aromatic heterocycles. The molecule has 0 aliphatic carbocycles. The second-order valence-corrected chi connectivity index (χ2v) is 13.6. The average Bonchev–Trinajstić information content (AvgIpc) is 3.03. The van der Waals surface area contributed by atoms with Crippen molar-refractivity contribution in [3.63, 3.8) is 0 Å². The second kappa shape index (κ2) is 14.7. The number of hydrogen-bond acceptors (Lipinski definition) is 5. The van der Waals surface area contributed by atoms with Crippen LogP contribution in [-0.4, -0.2) is 51.0 Å². The zero-order valence-electron chi connectivity index (χ0n) is 24.2. The van der Waals surface area contributed by atoms with E-state index in [1.165, 1.54) is 23.7 Å². The first-order chi connectivity index (χ1) is 20.6. The van der Waals surface area contributed by atoms with Crippen molar-refractivity contribution in [2.24, 2.45) is 0 Å². The monoisotopic (exact) mass is 679 g/mol. The van der Waals surface area contributed by atoms with E-state index in [1.54, 1.807) is 36.4 Å². The van der Waals surface area contributed by atoms with Crippen LogP contribution in [0.25, 0.3) is 0 Å². The maximum absolute atomic E-state index is 14.3. The molecule has 43 heavy (non-hydrogen) atoms. The van der Waals surface area contributed by atoms with Crippen molar-refractivity contribution in [3.05, 3.63) is 124 Å². The third-order valence-electron chi connectivity index (χ3n) is 7.03. The van der Waals surface area contributed by atoms with E-state index in [1.807, 2.05) is 79.9 Å². The minimum absolute atomic E-state index is 0.0743. The molecule has 0 heterocycles. The predicted octanol–water partition coefficient (Wildman–Crippen LogP) is 6.06. The SMILES string of the molecule is CNC(=O)[C@@H](Cc1ccccc1)N(Cc1ccc(Br)cc1)C(=O)CN(c1ccc(C)cc1)S(=O)(=O)c1ccc(SC)cc1. The first-order valence-corrected chi connectivity index (χ1v) is 17.1. The lowest BCUT2D eigenvalue weighted by Gasteiger charge is -2.33. The fraction of sp³-hybridized carbons (Fsp3) is 0.212. The molecular formula is C33H34BrN3O4S2. The number of carbonyl (C=O) groups excluding carboxylic acids is 2. The molecule has 0 aliphatic rings. The summed E-state index contributed by atoms with van der Waals surface area (Å²) < 4.78 is 30.2. The summed E-state index contributed by atoms with van der Waals surface area (Å²) in [5, 5.41) is 2.70. The molecule has 0 radical (unpaired) electrons. The van der Waals surface area contributed by atoms with Gasteiger partial charge in [-0.25, -0.2) is 8.42 Å². The Morgan fingerprint density at radius 3 is 2.07 bits per heavy atom. The first kappa shape index (κ1) is 32.3. The molecule has 0 fully saturated rings. The minimum atomic E-state index is -4.14. The van der Waals surface area contributed by atoms with Crippen LogP contribution in [0.1, 0.15) is 16.7 Å². The molecule has 0 saturated carbocycles. The Morgan fingerprint density at radius 2 is 1.49 bits per heavy atom. The summed E-state index contributed by atoms with van der Waals surface area (Å²) in [5.41, 5.74) is 2.99. The van der Waals surface area contributed by atoms with Gasteiger partial charge in [0.1, 0.15) is 12.6 Å². The van der Waals surface area contributed by atoms with Crippen molar-refractivity contribution in [3.8, 4) is 0 Å². The Balaban J connectivity index is 1.77. The van der Waals surface area contributed by atoms with Crippen LogP contribution in [0.4, 0.5) is 5.69 Å². The van der Waals surface area contributed by atoms with Crippen LogP contribution in [0.2, 0.25) is 0 Å². The Morgan fingerprint density at radius 1 is 0.860 bits per heavy atom. The van der Waals surface area contributed by atoms with Gasteiger partial charge in [0, 0.05) is 29.4 Å². The summed E-state index contributed by atoms with van der Waals surface area (Å²) in [5.74, 6) is -0.843. The number of nitrogens with one attached hydrogen (secondary N) is 1. The summed E-state index contributed by atoms with van der Waals surface area (Å²) in [6.45, 7) is 1.53. The topological polar surface area (TPSA) is 86.8 Å². The van der Waals surface area contributed by atoms with Crippen LogP contribution in [0, 0.1) is 6.92 Å². The maximum atomic E-state index is 14.3. The number of thioether (sulfide) groups is 1. The van der Waals surface area contributed by atoms with Crippen molar-refractivity contribution in [1.82, 2.24) is 10.2 Å². The van der Waals surface area contributed by atoms with E-state index in [4.69, 9.17) is 0 Å². The largest absolute Gasteiger partial charge is 0.357 e. The zero-order valence-corrected chi connectivity index (χ0v) is 27.5. The summed E-state index contributed by atoms with van der Waals surface area (Å²) in [6, 6.07) is 29.6. The third kappa shape index (κ3) is 8.28. The average molecular weight is 681 g/mol. The van der Waals surface area contributed by atoms with Crippen LogP contribution in [0.15, 0.2) is 117 Å². The number of likely N-dealkylation sites (N-methyl/N-ethyl adjacent to an activating group) is 1. The van der Waals surface area contributed by atoms with E-state index >= 15 is 0 Å². The zero-order chi connectivity index (χ0) is 31.0. The number of halogens is 1. The smallest absolute Gasteiger partial charge is 0.264 e. The lowest BCUT2D eigenvalue weighted by Crippen LogP contribution is -2.53. The number of amides is 2. The number of benzene rings is 4. The number of anilines is 1. The Hall–Kier alpha value is -3.60. The van der Waals surface area contributed by atoms with Crippen LogP contribution in [0.5, 0.6) is 0 Å². The molecule has 7 nitrogen and oxygen atoms in total. The van der Waals surface area contributed by atoms with Gasteiger partial charge in [0.2, 0.25) is 11.8 Å². The highest BCUT2D eigenvalue weighted by molar-refractivity contribution is 9.10. The summed E-state index contributed by atoms with van der Waals surface area (Å²) in [7, 11) is -2.61. The fourth-order valence-electron chi connectivity index (χ4n) is 4.62.